The average molecular weight is 221 g/mol. The Balaban J connectivity index is 2.08. The third kappa shape index (κ3) is 2.05. The van der Waals surface area contributed by atoms with E-state index in [4.69, 9.17) is 0 Å². The summed E-state index contributed by atoms with van der Waals surface area (Å²) in [4.78, 5) is 11.3. The molecule has 1 aliphatic rings. The van der Waals surface area contributed by atoms with Crippen LogP contribution in [0.2, 0.25) is 0 Å². The van der Waals surface area contributed by atoms with E-state index in [1.54, 1.807) is 18.3 Å². The number of rotatable bonds is 2. The maximum Gasteiger partial charge on any atom is 0.328 e. The van der Waals surface area contributed by atoms with Crippen molar-refractivity contribution in [2.24, 2.45) is 0 Å². The van der Waals surface area contributed by atoms with Crippen molar-refractivity contribution in [2.45, 2.75) is 12.5 Å². The van der Waals surface area contributed by atoms with Crippen LogP contribution < -0.4 is 5.32 Å². The highest BCUT2D eigenvalue weighted by molar-refractivity contribution is 5.82. The van der Waals surface area contributed by atoms with E-state index in [9.17, 15) is 9.18 Å². The smallest absolute Gasteiger partial charge is 0.328 e. The van der Waals surface area contributed by atoms with Gasteiger partial charge in [0.2, 0.25) is 0 Å². The van der Waals surface area contributed by atoms with Crippen LogP contribution >= 0.6 is 0 Å². The van der Waals surface area contributed by atoms with Crippen LogP contribution in [0.4, 0.5) is 4.39 Å². The van der Waals surface area contributed by atoms with Crippen LogP contribution in [0.1, 0.15) is 12.0 Å². The second-order valence-electron chi connectivity index (χ2n) is 3.62. The number of methoxy groups -OCH3 is 1. The number of ether oxygens (including phenoxy) is 1. The minimum atomic E-state index is -0.329. The van der Waals surface area contributed by atoms with Gasteiger partial charge in [-0.2, -0.15) is 0 Å². The number of hydrogen-bond donors (Lipinski definition) is 1. The van der Waals surface area contributed by atoms with Crippen molar-refractivity contribution in [1.82, 2.24) is 5.32 Å². The Morgan fingerprint density at radius 3 is 2.75 bits per heavy atom. The summed E-state index contributed by atoms with van der Waals surface area (Å²) in [5.74, 6) is -0.548. The Morgan fingerprint density at radius 2 is 2.12 bits per heavy atom. The summed E-state index contributed by atoms with van der Waals surface area (Å²) in [5, 5.41) is 2.94. The summed E-state index contributed by atoms with van der Waals surface area (Å²) in [6.45, 7) is 0. The Labute approximate surface area is 92.9 Å². The molecule has 1 N–H and O–H groups in total. The predicted molar refractivity (Wildman–Crippen MR) is 57.9 cm³/mol. The van der Waals surface area contributed by atoms with Gasteiger partial charge in [0.25, 0.3) is 0 Å². The molecule has 1 unspecified atom stereocenters. The number of nitrogens with one attached hydrogen (secondary N) is 1. The van der Waals surface area contributed by atoms with Gasteiger partial charge in [-0.1, -0.05) is 12.1 Å². The molecule has 1 atom stereocenters. The molecule has 1 heterocycles. The van der Waals surface area contributed by atoms with Gasteiger partial charge in [0.1, 0.15) is 11.9 Å². The largest absolute Gasteiger partial charge is 0.467 e. The van der Waals surface area contributed by atoms with Gasteiger partial charge in [0.05, 0.1) is 7.11 Å². The van der Waals surface area contributed by atoms with Crippen LogP contribution in [0.3, 0.4) is 0 Å². The van der Waals surface area contributed by atoms with Crippen LogP contribution in [-0.4, -0.2) is 19.1 Å². The minimum Gasteiger partial charge on any atom is -0.467 e. The van der Waals surface area contributed by atoms with E-state index >= 15 is 0 Å². The van der Waals surface area contributed by atoms with E-state index in [1.165, 1.54) is 19.2 Å². The number of esters is 1. The lowest BCUT2D eigenvalue weighted by molar-refractivity contribution is -0.142. The van der Waals surface area contributed by atoms with E-state index < -0.39 is 0 Å². The summed E-state index contributed by atoms with van der Waals surface area (Å²) in [6, 6.07) is 5.87. The predicted octanol–water partition coefficient (Wildman–Crippen LogP) is 1.70. The van der Waals surface area contributed by atoms with Gasteiger partial charge in [0.15, 0.2) is 0 Å². The minimum absolute atomic E-state index is 0.264. The molecule has 16 heavy (non-hydrogen) atoms. The molecule has 0 amide bonds. The van der Waals surface area contributed by atoms with Crippen LogP contribution in [0.25, 0.3) is 5.57 Å². The molecule has 4 heteroatoms. The first-order valence-corrected chi connectivity index (χ1v) is 4.99. The van der Waals surface area contributed by atoms with Gasteiger partial charge in [-0.3, -0.25) is 0 Å². The highest BCUT2D eigenvalue weighted by atomic mass is 19.1. The molecule has 0 aromatic heterocycles. The second-order valence-corrected chi connectivity index (χ2v) is 3.62. The summed E-state index contributed by atoms with van der Waals surface area (Å²) >= 11 is 0. The maximum atomic E-state index is 12.7. The molecule has 0 saturated carbocycles. The normalized spacial score (nSPS) is 18.9. The summed E-state index contributed by atoms with van der Waals surface area (Å²) in [5.41, 5.74) is 1.90. The van der Waals surface area contributed by atoms with E-state index in [1.807, 2.05) is 0 Å². The van der Waals surface area contributed by atoms with Crippen molar-refractivity contribution in [2.75, 3.05) is 7.11 Å². The van der Waals surface area contributed by atoms with Crippen molar-refractivity contribution in [3.05, 3.63) is 41.8 Å². The van der Waals surface area contributed by atoms with Crippen molar-refractivity contribution >= 4 is 11.5 Å². The highest BCUT2D eigenvalue weighted by Gasteiger charge is 2.24. The topological polar surface area (TPSA) is 38.3 Å². The van der Waals surface area contributed by atoms with E-state index in [0.717, 1.165) is 11.1 Å². The fourth-order valence-electron chi connectivity index (χ4n) is 1.70. The third-order valence-corrected chi connectivity index (χ3v) is 2.58. The highest BCUT2D eigenvalue weighted by Crippen LogP contribution is 2.24. The lowest BCUT2D eigenvalue weighted by atomic mass is 10.0. The monoisotopic (exact) mass is 221 g/mol. The van der Waals surface area contributed by atoms with Crippen LogP contribution in [0, 0.1) is 5.82 Å². The van der Waals surface area contributed by atoms with E-state index in [2.05, 4.69) is 10.1 Å². The molecule has 0 saturated heterocycles. The molecule has 0 fully saturated rings. The van der Waals surface area contributed by atoms with Gasteiger partial charge >= 0.3 is 5.97 Å². The molecular weight excluding hydrogens is 209 g/mol. The molecule has 1 aromatic carbocycles. The van der Waals surface area contributed by atoms with Gasteiger partial charge < -0.3 is 10.1 Å². The fourth-order valence-corrected chi connectivity index (χ4v) is 1.70. The fraction of sp³-hybridized carbons (Fsp3) is 0.250. The zero-order valence-electron chi connectivity index (χ0n) is 8.87. The number of carbonyl (C=O) groups is 1. The molecule has 0 spiro atoms. The Kier molecular flexibility index (Phi) is 2.90. The molecule has 0 bridgehead atoms. The Morgan fingerprint density at radius 1 is 1.44 bits per heavy atom. The van der Waals surface area contributed by atoms with Crippen LogP contribution in [-0.2, 0) is 9.53 Å². The van der Waals surface area contributed by atoms with E-state index in [0.29, 0.717) is 6.42 Å². The van der Waals surface area contributed by atoms with Gasteiger partial charge in [-0.25, -0.2) is 9.18 Å². The zero-order valence-corrected chi connectivity index (χ0v) is 8.87. The quantitative estimate of drug-likeness (QED) is 0.772. The number of benzene rings is 1. The second kappa shape index (κ2) is 4.35. The van der Waals surface area contributed by atoms with Gasteiger partial charge in [0, 0.05) is 12.6 Å². The summed E-state index contributed by atoms with van der Waals surface area (Å²) in [6.07, 6.45) is 2.34. The average Bonchev–Trinajstić information content (AvgIpc) is 2.78. The van der Waals surface area contributed by atoms with Crippen molar-refractivity contribution in [3.8, 4) is 0 Å². The molecule has 1 aliphatic heterocycles. The SMILES string of the molecule is COC(=O)C1CC(c2ccc(F)cc2)=CN1. The lowest BCUT2D eigenvalue weighted by Gasteiger charge is -2.08. The molecular formula is C12H12FNO2. The molecule has 84 valence electrons. The standard InChI is InChI=1S/C12H12FNO2/c1-16-12(15)11-6-9(7-14-11)8-2-4-10(13)5-3-8/h2-5,7,11,14H,6H2,1H3. The number of carbonyl (C=O) groups excluding carboxylic acids is 1. The first-order valence-electron chi connectivity index (χ1n) is 4.99. The van der Waals surface area contributed by atoms with Crippen molar-refractivity contribution in [1.29, 1.82) is 0 Å². The Hall–Kier alpha value is -1.84. The zero-order chi connectivity index (χ0) is 11.5. The van der Waals surface area contributed by atoms with Crippen LogP contribution in [0.5, 0.6) is 0 Å². The van der Waals surface area contributed by atoms with Gasteiger partial charge in [-0.05, 0) is 23.3 Å². The molecule has 0 radical (unpaired) electrons. The maximum absolute atomic E-state index is 12.7. The van der Waals surface area contributed by atoms with Crippen molar-refractivity contribution in [3.63, 3.8) is 0 Å². The van der Waals surface area contributed by atoms with Gasteiger partial charge in [-0.15, -0.1) is 0 Å². The molecule has 1 aromatic rings. The summed E-state index contributed by atoms with van der Waals surface area (Å²) in [7, 11) is 1.36. The third-order valence-electron chi connectivity index (χ3n) is 2.58. The van der Waals surface area contributed by atoms with E-state index in [-0.39, 0.29) is 17.8 Å². The summed E-state index contributed by atoms with van der Waals surface area (Å²) < 4.78 is 17.4. The number of halogens is 1. The van der Waals surface area contributed by atoms with Crippen molar-refractivity contribution < 1.29 is 13.9 Å². The molecule has 3 nitrogen and oxygen atoms in total. The lowest BCUT2D eigenvalue weighted by Crippen LogP contribution is -2.30. The first kappa shape index (κ1) is 10.7. The molecule has 0 aliphatic carbocycles. The van der Waals surface area contributed by atoms with Crippen LogP contribution in [0.15, 0.2) is 30.5 Å². The Bertz CT molecular complexity index is 425. The first-order chi connectivity index (χ1) is 7.70. The molecule has 2 rings (SSSR count). The number of hydrogen-bond acceptors (Lipinski definition) is 3.